The number of anilines is 2. The fourth-order valence-electron chi connectivity index (χ4n) is 2.81. The minimum atomic E-state index is 0.708. The highest BCUT2D eigenvalue weighted by atomic mass is 15.1. The highest BCUT2D eigenvalue weighted by Crippen LogP contribution is 2.28. The van der Waals surface area contributed by atoms with Gasteiger partial charge in [-0.15, -0.1) is 0 Å². The van der Waals surface area contributed by atoms with E-state index in [1.54, 1.807) is 0 Å². The summed E-state index contributed by atoms with van der Waals surface area (Å²) in [5.41, 5.74) is 5.14. The first-order valence-electron chi connectivity index (χ1n) is 7.95. The maximum atomic E-state index is 4.77. The van der Waals surface area contributed by atoms with Gasteiger partial charge in [-0.1, -0.05) is 42.5 Å². The monoisotopic (exact) mass is 314 g/mol. The number of nitrogens with zero attached hydrogens (tertiary/aromatic N) is 2. The molecule has 0 aliphatic carbocycles. The molecule has 118 valence electrons. The topological polar surface area (TPSA) is 53.6 Å². The zero-order valence-electron chi connectivity index (χ0n) is 13.7. The highest BCUT2D eigenvalue weighted by Gasteiger charge is 2.11. The summed E-state index contributed by atoms with van der Waals surface area (Å²) in [4.78, 5) is 12.8. The summed E-state index contributed by atoms with van der Waals surface area (Å²) in [5, 5.41) is 4.43. The molecule has 2 aromatic carbocycles. The van der Waals surface area contributed by atoms with E-state index in [0.29, 0.717) is 5.82 Å². The van der Waals surface area contributed by atoms with Crippen molar-refractivity contribution >= 4 is 22.5 Å². The van der Waals surface area contributed by atoms with Gasteiger partial charge in [0.15, 0.2) is 5.82 Å². The lowest BCUT2D eigenvalue weighted by Crippen LogP contribution is -1.98. The average Bonchev–Trinajstić information content (AvgIpc) is 2.96. The summed E-state index contributed by atoms with van der Waals surface area (Å²) < 4.78 is 0. The number of aromatic nitrogens is 3. The first kappa shape index (κ1) is 14.5. The molecule has 0 bridgehead atoms. The molecule has 0 unspecified atom stereocenters. The van der Waals surface area contributed by atoms with Gasteiger partial charge in [-0.2, -0.15) is 0 Å². The van der Waals surface area contributed by atoms with Crippen molar-refractivity contribution in [2.24, 2.45) is 0 Å². The fraction of sp³-hybridized carbons (Fsp3) is 0.100. The SMILES string of the molecule is Cc1cccc(Nc2nc(-c3ccccc3)nc3[nH]c(C)cc23)c1. The molecule has 0 saturated carbocycles. The van der Waals surface area contributed by atoms with Gasteiger partial charge in [0.05, 0.1) is 5.39 Å². The maximum Gasteiger partial charge on any atom is 0.163 e. The Hall–Kier alpha value is -3.14. The Morgan fingerprint density at radius 1 is 0.875 bits per heavy atom. The molecule has 0 amide bonds. The van der Waals surface area contributed by atoms with Crippen molar-refractivity contribution in [2.45, 2.75) is 13.8 Å². The van der Waals surface area contributed by atoms with Crippen LogP contribution in [0.2, 0.25) is 0 Å². The third-order valence-electron chi connectivity index (χ3n) is 3.93. The number of hydrogen-bond donors (Lipinski definition) is 2. The molecular weight excluding hydrogens is 296 g/mol. The minimum Gasteiger partial charge on any atom is -0.343 e. The van der Waals surface area contributed by atoms with Gasteiger partial charge in [0, 0.05) is 16.9 Å². The van der Waals surface area contributed by atoms with Crippen molar-refractivity contribution in [2.75, 3.05) is 5.32 Å². The van der Waals surface area contributed by atoms with Crippen molar-refractivity contribution < 1.29 is 0 Å². The summed E-state index contributed by atoms with van der Waals surface area (Å²) >= 11 is 0. The quantitative estimate of drug-likeness (QED) is 0.560. The van der Waals surface area contributed by atoms with Crippen LogP contribution in [0.25, 0.3) is 22.4 Å². The van der Waals surface area contributed by atoms with E-state index >= 15 is 0 Å². The molecule has 4 rings (SSSR count). The first-order chi connectivity index (χ1) is 11.7. The predicted octanol–water partition coefficient (Wildman–Crippen LogP) is 4.99. The van der Waals surface area contributed by atoms with Crippen molar-refractivity contribution in [3.05, 3.63) is 71.9 Å². The van der Waals surface area contributed by atoms with Crippen LogP contribution in [0.5, 0.6) is 0 Å². The van der Waals surface area contributed by atoms with Gasteiger partial charge in [0.25, 0.3) is 0 Å². The van der Waals surface area contributed by atoms with Crippen molar-refractivity contribution in [3.63, 3.8) is 0 Å². The van der Waals surface area contributed by atoms with E-state index < -0.39 is 0 Å². The Labute approximate surface area is 140 Å². The summed E-state index contributed by atoms with van der Waals surface area (Å²) in [7, 11) is 0. The molecular formula is C20H18N4. The third kappa shape index (κ3) is 2.74. The molecule has 4 nitrogen and oxygen atoms in total. The molecule has 24 heavy (non-hydrogen) atoms. The summed E-state index contributed by atoms with van der Waals surface area (Å²) in [5.74, 6) is 1.52. The van der Waals surface area contributed by atoms with Gasteiger partial charge in [-0.05, 0) is 37.6 Å². The molecule has 4 heteroatoms. The van der Waals surface area contributed by atoms with E-state index in [2.05, 4.69) is 40.4 Å². The Balaban J connectivity index is 1.86. The van der Waals surface area contributed by atoms with Crippen LogP contribution in [0.1, 0.15) is 11.3 Å². The molecule has 0 aliphatic rings. The van der Waals surface area contributed by atoms with E-state index in [1.165, 1.54) is 5.56 Å². The van der Waals surface area contributed by atoms with E-state index in [-0.39, 0.29) is 0 Å². The standard InChI is InChI=1S/C20H18N4/c1-13-7-6-10-16(11-13)22-20-17-12-14(2)21-19(17)23-18(24-20)15-8-4-3-5-9-15/h3-12H,1-2H3,(H2,21,22,23,24). The van der Waals surface area contributed by atoms with Gasteiger partial charge in [-0.25, -0.2) is 9.97 Å². The molecule has 0 radical (unpaired) electrons. The fourth-order valence-corrected chi connectivity index (χ4v) is 2.81. The van der Waals surface area contributed by atoms with E-state index in [0.717, 1.165) is 33.8 Å². The number of fused-ring (bicyclic) bond motifs is 1. The van der Waals surface area contributed by atoms with Crippen LogP contribution in [0.15, 0.2) is 60.7 Å². The van der Waals surface area contributed by atoms with Gasteiger partial charge >= 0.3 is 0 Å². The smallest absolute Gasteiger partial charge is 0.163 e. The molecule has 0 fully saturated rings. The second-order valence-electron chi connectivity index (χ2n) is 5.97. The minimum absolute atomic E-state index is 0.708. The number of aromatic amines is 1. The lowest BCUT2D eigenvalue weighted by atomic mass is 10.2. The van der Waals surface area contributed by atoms with E-state index in [1.807, 2.05) is 49.4 Å². The summed E-state index contributed by atoms with van der Waals surface area (Å²) in [6, 6.07) is 20.4. The van der Waals surface area contributed by atoms with Gasteiger partial charge in [0.1, 0.15) is 11.5 Å². The molecule has 2 aromatic heterocycles. The number of hydrogen-bond acceptors (Lipinski definition) is 3. The largest absolute Gasteiger partial charge is 0.343 e. The number of H-pyrrole nitrogens is 1. The highest BCUT2D eigenvalue weighted by molar-refractivity contribution is 5.91. The molecule has 0 atom stereocenters. The molecule has 0 saturated heterocycles. The van der Waals surface area contributed by atoms with Gasteiger partial charge < -0.3 is 10.3 Å². The van der Waals surface area contributed by atoms with Crippen LogP contribution in [-0.2, 0) is 0 Å². The molecule has 2 heterocycles. The summed E-state index contributed by atoms with van der Waals surface area (Å²) in [6.45, 7) is 4.11. The Kier molecular flexibility index (Phi) is 3.50. The second-order valence-corrected chi connectivity index (χ2v) is 5.97. The van der Waals surface area contributed by atoms with Gasteiger partial charge in [0.2, 0.25) is 0 Å². The zero-order valence-corrected chi connectivity index (χ0v) is 13.7. The van der Waals surface area contributed by atoms with Crippen LogP contribution in [0.3, 0.4) is 0 Å². The first-order valence-corrected chi connectivity index (χ1v) is 7.95. The normalized spacial score (nSPS) is 10.9. The van der Waals surface area contributed by atoms with Crippen molar-refractivity contribution in [1.29, 1.82) is 0 Å². The van der Waals surface area contributed by atoms with Crippen LogP contribution in [-0.4, -0.2) is 15.0 Å². The molecule has 2 N–H and O–H groups in total. The third-order valence-corrected chi connectivity index (χ3v) is 3.93. The van der Waals surface area contributed by atoms with Gasteiger partial charge in [-0.3, -0.25) is 0 Å². The van der Waals surface area contributed by atoms with Crippen molar-refractivity contribution in [3.8, 4) is 11.4 Å². The van der Waals surface area contributed by atoms with Crippen LogP contribution >= 0.6 is 0 Å². The van der Waals surface area contributed by atoms with Crippen LogP contribution in [0.4, 0.5) is 11.5 Å². The van der Waals surface area contributed by atoms with E-state index in [9.17, 15) is 0 Å². The van der Waals surface area contributed by atoms with Crippen LogP contribution in [0, 0.1) is 13.8 Å². The molecule has 0 aliphatic heterocycles. The maximum absolute atomic E-state index is 4.77. The Morgan fingerprint density at radius 2 is 1.71 bits per heavy atom. The molecule has 4 aromatic rings. The predicted molar refractivity (Wildman–Crippen MR) is 98.5 cm³/mol. The lowest BCUT2D eigenvalue weighted by Gasteiger charge is -2.09. The average molecular weight is 314 g/mol. The number of rotatable bonds is 3. The van der Waals surface area contributed by atoms with Crippen LogP contribution < -0.4 is 5.32 Å². The molecule has 0 spiro atoms. The number of aryl methyl sites for hydroxylation is 2. The number of nitrogens with one attached hydrogen (secondary N) is 2. The Morgan fingerprint density at radius 3 is 2.50 bits per heavy atom. The lowest BCUT2D eigenvalue weighted by molar-refractivity contribution is 1.19. The second kappa shape index (κ2) is 5.81. The van der Waals surface area contributed by atoms with E-state index in [4.69, 9.17) is 4.98 Å². The zero-order chi connectivity index (χ0) is 16.5. The van der Waals surface area contributed by atoms with Crippen molar-refractivity contribution in [1.82, 2.24) is 15.0 Å². The number of benzene rings is 2. The summed E-state index contributed by atoms with van der Waals surface area (Å²) in [6.07, 6.45) is 0. The Bertz CT molecular complexity index is 1000.